The first-order valence-electron chi connectivity index (χ1n) is 22.4. The fraction of sp³-hybridized carbons (Fsp3) is 0.809. The average molecular weight is 792 g/mol. The number of esters is 1. The van der Waals surface area contributed by atoms with Crippen LogP contribution in [0.5, 0.6) is 0 Å². The van der Waals surface area contributed by atoms with Gasteiger partial charge in [-0.25, -0.2) is 13.2 Å². The van der Waals surface area contributed by atoms with Gasteiger partial charge in [0.25, 0.3) is 0 Å². The van der Waals surface area contributed by atoms with Crippen LogP contribution in [-0.2, 0) is 19.3 Å². The molecule has 0 radical (unpaired) electrons. The third-order valence-electron chi connectivity index (χ3n) is 18.4. The average Bonchev–Trinajstić information content (AvgIpc) is 3.55. The van der Waals surface area contributed by atoms with Crippen LogP contribution in [0, 0.1) is 57.2 Å². The Balaban J connectivity index is 1.06. The lowest BCUT2D eigenvalue weighted by atomic mass is 9.33. The van der Waals surface area contributed by atoms with Crippen molar-refractivity contribution in [2.24, 2.45) is 57.2 Å². The van der Waals surface area contributed by atoms with Gasteiger partial charge in [0.15, 0.2) is 9.84 Å². The molecule has 7 aliphatic rings. The van der Waals surface area contributed by atoms with Crippen molar-refractivity contribution in [3.63, 3.8) is 0 Å². The third-order valence-corrected chi connectivity index (χ3v) is 20.0. The molecule has 9 heteroatoms. The highest BCUT2D eigenvalue weighted by Gasteiger charge is 2.70. The van der Waals surface area contributed by atoms with Gasteiger partial charge in [-0.1, -0.05) is 59.8 Å². The molecule has 1 aromatic rings. The number of rotatable bonds is 9. The molecular weight excluding hydrogens is 719 g/mol. The Bertz CT molecular complexity index is 1740. The minimum Gasteiger partial charge on any atom is -0.465 e. The maximum absolute atomic E-state index is 12.2. The van der Waals surface area contributed by atoms with Crippen molar-refractivity contribution in [3.05, 3.63) is 41.5 Å². The second-order valence-corrected chi connectivity index (χ2v) is 23.3. The predicted molar refractivity (Wildman–Crippen MR) is 225 cm³/mol. The number of nitrogens with one attached hydrogen (secondary N) is 1. The molecule has 5 aliphatic carbocycles. The second kappa shape index (κ2) is 15.0. The van der Waals surface area contributed by atoms with E-state index in [-0.39, 0.29) is 27.8 Å². The predicted octanol–water partition coefficient (Wildman–Crippen LogP) is 7.59. The lowest BCUT2D eigenvalue weighted by Crippen LogP contribution is -2.68. The van der Waals surface area contributed by atoms with E-state index in [0.717, 1.165) is 45.8 Å². The number of fused-ring (bicyclic) bond motifs is 7. The van der Waals surface area contributed by atoms with Gasteiger partial charge in [0, 0.05) is 51.4 Å². The fourth-order valence-corrected chi connectivity index (χ4v) is 16.6. The van der Waals surface area contributed by atoms with E-state index < -0.39 is 9.84 Å². The molecule has 0 bridgehead atoms. The largest absolute Gasteiger partial charge is 0.465 e. The van der Waals surface area contributed by atoms with Gasteiger partial charge in [0.2, 0.25) is 0 Å². The summed E-state index contributed by atoms with van der Waals surface area (Å²) in [6.45, 7) is 24.1. The van der Waals surface area contributed by atoms with Crippen LogP contribution < -0.4 is 5.32 Å². The molecule has 0 aromatic heterocycles. The first-order chi connectivity index (χ1) is 26.6. The van der Waals surface area contributed by atoms with Gasteiger partial charge in [0.1, 0.15) is 0 Å². The maximum atomic E-state index is 12.2. The molecule has 4 saturated carbocycles. The van der Waals surface area contributed by atoms with Gasteiger partial charge in [-0.05, 0) is 138 Å². The molecule has 2 saturated heterocycles. The van der Waals surface area contributed by atoms with Crippen molar-refractivity contribution in [3.8, 4) is 0 Å². The molecule has 312 valence electrons. The topological polar surface area (TPSA) is 88.2 Å². The molecule has 2 aliphatic heterocycles. The number of ether oxygens (including phenoxy) is 2. The number of hydrogen-bond acceptors (Lipinski definition) is 8. The van der Waals surface area contributed by atoms with E-state index in [2.05, 4.69) is 74.9 Å². The summed E-state index contributed by atoms with van der Waals surface area (Å²) in [6.07, 6.45) is 14.1. The van der Waals surface area contributed by atoms with E-state index in [9.17, 15) is 13.2 Å². The lowest BCUT2D eigenvalue weighted by Gasteiger charge is -2.72. The van der Waals surface area contributed by atoms with E-state index in [1.807, 2.05) is 12.1 Å². The summed E-state index contributed by atoms with van der Waals surface area (Å²) in [5.41, 5.74) is 4.34. The van der Waals surface area contributed by atoms with E-state index in [1.165, 1.54) is 76.2 Å². The molecule has 8 nitrogen and oxygen atoms in total. The van der Waals surface area contributed by atoms with Gasteiger partial charge < -0.3 is 19.7 Å². The van der Waals surface area contributed by atoms with E-state index in [0.29, 0.717) is 71.1 Å². The van der Waals surface area contributed by atoms with Gasteiger partial charge >= 0.3 is 5.97 Å². The smallest absolute Gasteiger partial charge is 0.337 e. The SMILES string of the molecule is COC(=O)c1ccc(C2=CC[C@]3(C)[C@H]4CC[C@@H]5[C@H]6[C@H](C(C)CN7CCOCC7)CC[C@]6(NCCN6CCS(=O)(=O)CC6)CC[C@@]5(C)[C@]4(C)CC[C@H]3C2(C)C)cc1. The molecule has 10 atom stereocenters. The number of nitrogens with zero attached hydrogens (tertiary/aromatic N) is 2. The summed E-state index contributed by atoms with van der Waals surface area (Å²) < 4.78 is 35.1. The summed E-state index contributed by atoms with van der Waals surface area (Å²) in [5.74, 6) is 4.38. The van der Waals surface area contributed by atoms with Crippen molar-refractivity contribution in [1.82, 2.24) is 15.1 Å². The Kier molecular flexibility index (Phi) is 11.0. The van der Waals surface area contributed by atoms with Gasteiger partial charge in [0.05, 0.1) is 37.4 Å². The minimum absolute atomic E-state index is 0.0362. The van der Waals surface area contributed by atoms with Crippen LogP contribution >= 0.6 is 0 Å². The number of carbonyl (C=O) groups is 1. The third kappa shape index (κ3) is 6.77. The minimum atomic E-state index is -2.87. The molecule has 0 amide bonds. The Morgan fingerprint density at radius 2 is 1.59 bits per heavy atom. The highest BCUT2D eigenvalue weighted by atomic mass is 32.2. The number of morpholine rings is 1. The number of carbonyl (C=O) groups excluding carboxylic acids is 1. The van der Waals surface area contributed by atoms with E-state index in [1.54, 1.807) is 0 Å². The van der Waals surface area contributed by atoms with Gasteiger partial charge in [-0.3, -0.25) is 4.90 Å². The normalized spacial score (nSPS) is 41.3. The maximum Gasteiger partial charge on any atom is 0.337 e. The summed E-state index contributed by atoms with van der Waals surface area (Å²) in [4.78, 5) is 17.3. The van der Waals surface area contributed by atoms with Crippen molar-refractivity contribution in [1.29, 1.82) is 0 Å². The molecule has 0 spiro atoms. The Morgan fingerprint density at radius 3 is 2.29 bits per heavy atom. The van der Waals surface area contributed by atoms with E-state index in [4.69, 9.17) is 9.47 Å². The first kappa shape index (κ1) is 41.0. The van der Waals surface area contributed by atoms with Gasteiger partial charge in [-0.15, -0.1) is 0 Å². The number of hydrogen-bond donors (Lipinski definition) is 1. The Hall–Kier alpha value is -1.78. The number of methoxy groups -OCH3 is 1. The number of sulfone groups is 1. The molecule has 6 fully saturated rings. The second-order valence-electron chi connectivity index (χ2n) is 21.0. The monoisotopic (exact) mass is 792 g/mol. The first-order valence-corrected chi connectivity index (χ1v) is 24.3. The Labute approximate surface area is 339 Å². The molecule has 1 aromatic carbocycles. The molecule has 56 heavy (non-hydrogen) atoms. The number of allylic oxidation sites excluding steroid dienone is 2. The summed E-state index contributed by atoms with van der Waals surface area (Å²) in [7, 11) is -1.42. The highest BCUT2D eigenvalue weighted by Crippen LogP contribution is 2.76. The summed E-state index contributed by atoms with van der Waals surface area (Å²) in [6, 6.07) is 8.14. The molecular formula is C47H73N3O5S. The van der Waals surface area contributed by atoms with Crippen LogP contribution in [0.3, 0.4) is 0 Å². The summed E-state index contributed by atoms with van der Waals surface area (Å²) in [5, 5.41) is 4.33. The van der Waals surface area contributed by atoms with Crippen LogP contribution in [0.4, 0.5) is 0 Å². The van der Waals surface area contributed by atoms with Crippen molar-refractivity contribution >= 4 is 21.4 Å². The van der Waals surface area contributed by atoms with Crippen LogP contribution in [0.1, 0.15) is 115 Å². The standard InChI is InChI=1S/C47H73N3O5S/c1-33(32-50-24-28-55-29-25-50)36-14-19-47(48-22-23-49-26-30-56(52,53)31-27-49)21-20-45(5)38(41(36)47)12-13-40-44(4)17-15-37(34-8-10-35(11-9-34)42(51)54-7)43(2,3)39(44)16-18-46(40,45)6/h8-11,15,33,36,38-41,48H,12-14,16-32H2,1-7H3/t33?,36-,38+,39-,40+,41+,44-,45+,46+,47-/m0/s1. The van der Waals surface area contributed by atoms with Crippen molar-refractivity contribution in [2.75, 3.05) is 77.6 Å². The lowest BCUT2D eigenvalue weighted by molar-refractivity contribution is -0.221. The zero-order valence-electron chi connectivity index (χ0n) is 35.8. The number of benzene rings is 1. The van der Waals surface area contributed by atoms with Crippen molar-refractivity contribution < 1.29 is 22.7 Å². The zero-order valence-corrected chi connectivity index (χ0v) is 36.7. The van der Waals surface area contributed by atoms with Crippen molar-refractivity contribution in [2.45, 2.75) is 105 Å². The Morgan fingerprint density at radius 1 is 0.875 bits per heavy atom. The van der Waals surface area contributed by atoms with Crippen LogP contribution in [0.25, 0.3) is 5.57 Å². The van der Waals surface area contributed by atoms with Crippen LogP contribution in [0.2, 0.25) is 0 Å². The van der Waals surface area contributed by atoms with Crippen LogP contribution in [-0.4, -0.2) is 107 Å². The quantitative estimate of drug-likeness (QED) is 0.256. The fourth-order valence-electron chi connectivity index (χ4n) is 15.4. The summed E-state index contributed by atoms with van der Waals surface area (Å²) >= 11 is 0. The molecule has 1 unspecified atom stereocenters. The van der Waals surface area contributed by atoms with Crippen LogP contribution in [0.15, 0.2) is 30.3 Å². The zero-order chi connectivity index (χ0) is 39.7. The molecule has 1 N–H and O–H groups in total. The molecule has 2 heterocycles. The van der Waals surface area contributed by atoms with E-state index >= 15 is 0 Å². The van der Waals surface area contributed by atoms with Gasteiger partial charge in [-0.2, -0.15) is 0 Å². The molecule has 8 rings (SSSR count). The highest BCUT2D eigenvalue weighted by molar-refractivity contribution is 7.91.